The largest absolute Gasteiger partial charge is 0.330 e. The number of halogens is 1. The van der Waals surface area contributed by atoms with Crippen molar-refractivity contribution >= 4 is 12.4 Å². The van der Waals surface area contributed by atoms with Crippen LogP contribution in [0.1, 0.15) is 37.0 Å². The first-order valence-corrected chi connectivity index (χ1v) is 5.18. The summed E-state index contributed by atoms with van der Waals surface area (Å²) in [5.74, 6) is 2.10. The van der Waals surface area contributed by atoms with Gasteiger partial charge < -0.3 is 9.88 Å². The SMILES string of the molecule is Cl.c1cn(C2CCNC2)c(C2CC2)n1. The van der Waals surface area contributed by atoms with E-state index in [1.807, 2.05) is 6.20 Å². The Morgan fingerprint density at radius 1 is 1.36 bits per heavy atom. The van der Waals surface area contributed by atoms with Crippen LogP contribution >= 0.6 is 12.4 Å². The third-order valence-electron chi connectivity index (χ3n) is 3.07. The van der Waals surface area contributed by atoms with Gasteiger partial charge in [-0.05, 0) is 25.8 Å². The van der Waals surface area contributed by atoms with Crippen LogP contribution in [0.3, 0.4) is 0 Å². The molecular formula is C10H16ClN3. The number of aromatic nitrogens is 2. The first-order chi connectivity index (χ1) is 6.45. The van der Waals surface area contributed by atoms with Crippen LogP contribution in [0.15, 0.2) is 12.4 Å². The highest BCUT2D eigenvalue weighted by molar-refractivity contribution is 5.85. The zero-order chi connectivity index (χ0) is 8.67. The molecule has 0 amide bonds. The molecule has 3 rings (SSSR count). The standard InChI is InChI=1S/C10H15N3.ClH/c1-2-8(1)10-12-5-6-13(10)9-3-4-11-7-9;/h5-6,8-9,11H,1-4,7H2;1H. The fraction of sp³-hybridized carbons (Fsp3) is 0.700. The molecule has 2 fully saturated rings. The second-order valence-corrected chi connectivity index (χ2v) is 4.11. The van der Waals surface area contributed by atoms with Crippen molar-refractivity contribution < 1.29 is 0 Å². The van der Waals surface area contributed by atoms with Crippen LogP contribution in [0.5, 0.6) is 0 Å². The summed E-state index contributed by atoms with van der Waals surface area (Å²) in [6, 6.07) is 0.665. The van der Waals surface area contributed by atoms with E-state index in [9.17, 15) is 0 Å². The molecule has 0 aromatic carbocycles. The molecule has 1 unspecified atom stereocenters. The summed E-state index contributed by atoms with van der Waals surface area (Å²) < 4.78 is 2.39. The van der Waals surface area contributed by atoms with Gasteiger partial charge in [0.05, 0.1) is 0 Å². The highest BCUT2D eigenvalue weighted by Gasteiger charge is 2.30. The first kappa shape index (κ1) is 9.99. The van der Waals surface area contributed by atoms with E-state index in [0.29, 0.717) is 6.04 Å². The van der Waals surface area contributed by atoms with Crippen LogP contribution in [-0.4, -0.2) is 22.6 Å². The molecule has 78 valence electrons. The second-order valence-electron chi connectivity index (χ2n) is 4.11. The van der Waals surface area contributed by atoms with Crippen LogP contribution in [-0.2, 0) is 0 Å². The maximum Gasteiger partial charge on any atom is 0.112 e. The number of nitrogens with one attached hydrogen (secondary N) is 1. The highest BCUT2D eigenvalue weighted by atomic mass is 35.5. The van der Waals surface area contributed by atoms with Crippen molar-refractivity contribution in [3.05, 3.63) is 18.2 Å². The summed E-state index contributed by atoms with van der Waals surface area (Å²) in [6.07, 6.45) is 8.04. The lowest BCUT2D eigenvalue weighted by Crippen LogP contribution is -2.14. The minimum absolute atomic E-state index is 0. The van der Waals surface area contributed by atoms with E-state index in [-0.39, 0.29) is 12.4 Å². The first-order valence-electron chi connectivity index (χ1n) is 5.18. The molecule has 1 aliphatic heterocycles. The van der Waals surface area contributed by atoms with Crippen LogP contribution < -0.4 is 5.32 Å². The Bertz CT molecular complexity index is 300. The molecule has 1 aliphatic carbocycles. The Hall–Kier alpha value is -0.540. The average molecular weight is 214 g/mol. The Kier molecular flexibility index (Phi) is 2.79. The quantitative estimate of drug-likeness (QED) is 0.811. The second kappa shape index (κ2) is 3.91. The third kappa shape index (κ3) is 1.66. The van der Waals surface area contributed by atoms with Gasteiger partial charge in [0, 0.05) is 30.9 Å². The molecule has 2 aliphatic rings. The lowest BCUT2D eigenvalue weighted by molar-refractivity contribution is 0.523. The molecule has 3 nitrogen and oxygen atoms in total. The number of imidazole rings is 1. The summed E-state index contributed by atoms with van der Waals surface area (Å²) in [5, 5.41) is 3.40. The zero-order valence-electron chi connectivity index (χ0n) is 8.15. The van der Waals surface area contributed by atoms with E-state index in [1.165, 1.54) is 25.1 Å². The summed E-state index contributed by atoms with van der Waals surface area (Å²) in [7, 11) is 0. The monoisotopic (exact) mass is 213 g/mol. The lowest BCUT2D eigenvalue weighted by Gasteiger charge is -2.13. The molecule has 1 saturated carbocycles. The normalized spacial score (nSPS) is 26.1. The van der Waals surface area contributed by atoms with Gasteiger partial charge in [0.15, 0.2) is 0 Å². The summed E-state index contributed by atoms with van der Waals surface area (Å²) in [6.45, 7) is 2.28. The minimum Gasteiger partial charge on any atom is -0.330 e. The molecule has 0 radical (unpaired) electrons. The van der Waals surface area contributed by atoms with E-state index >= 15 is 0 Å². The van der Waals surface area contributed by atoms with Gasteiger partial charge >= 0.3 is 0 Å². The number of hydrogen-bond donors (Lipinski definition) is 1. The summed E-state index contributed by atoms with van der Waals surface area (Å²) in [4.78, 5) is 4.46. The van der Waals surface area contributed by atoms with Gasteiger partial charge in [-0.25, -0.2) is 4.98 Å². The van der Waals surface area contributed by atoms with Crippen LogP contribution in [0.25, 0.3) is 0 Å². The van der Waals surface area contributed by atoms with Crippen molar-refractivity contribution in [2.24, 2.45) is 0 Å². The van der Waals surface area contributed by atoms with E-state index in [2.05, 4.69) is 21.1 Å². The van der Waals surface area contributed by atoms with E-state index in [0.717, 1.165) is 19.0 Å². The molecule has 4 heteroatoms. The molecule has 1 N–H and O–H groups in total. The number of rotatable bonds is 2. The van der Waals surface area contributed by atoms with Crippen molar-refractivity contribution in [1.29, 1.82) is 0 Å². The van der Waals surface area contributed by atoms with Crippen molar-refractivity contribution in [2.75, 3.05) is 13.1 Å². The van der Waals surface area contributed by atoms with E-state index in [4.69, 9.17) is 0 Å². The minimum atomic E-state index is 0. The topological polar surface area (TPSA) is 29.9 Å². The van der Waals surface area contributed by atoms with Gasteiger partial charge in [-0.3, -0.25) is 0 Å². The van der Waals surface area contributed by atoms with Crippen LogP contribution in [0.4, 0.5) is 0 Å². The third-order valence-corrected chi connectivity index (χ3v) is 3.07. The Morgan fingerprint density at radius 2 is 2.21 bits per heavy atom. The maximum atomic E-state index is 4.46. The Morgan fingerprint density at radius 3 is 2.86 bits per heavy atom. The molecule has 14 heavy (non-hydrogen) atoms. The van der Waals surface area contributed by atoms with Gasteiger partial charge in [-0.2, -0.15) is 0 Å². The predicted molar refractivity (Wildman–Crippen MR) is 58.0 cm³/mol. The van der Waals surface area contributed by atoms with Gasteiger partial charge in [0.25, 0.3) is 0 Å². The number of hydrogen-bond acceptors (Lipinski definition) is 2. The number of nitrogens with zero attached hydrogens (tertiary/aromatic N) is 2. The Labute approximate surface area is 90.3 Å². The van der Waals surface area contributed by atoms with Gasteiger partial charge in [0.1, 0.15) is 5.82 Å². The smallest absolute Gasteiger partial charge is 0.112 e. The molecule has 1 saturated heterocycles. The van der Waals surface area contributed by atoms with Gasteiger partial charge in [-0.1, -0.05) is 0 Å². The molecule has 0 bridgehead atoms. The zero-order valence-corrected chi connectivity index (χ0v) is 8.96. The maximum absolute atomic E-state index is 4.46. The van der Waals surface area contributed by atoms with Crippen molar-refractivity contribution in [3.63, 3.8) is 0 Å². The molecule has 1 atom stereocenters. The average Bonchev–Trinajstić information content (AvgIpc) is 2.72. The van der Waals surface area contributed by atoms with Crippen molar-refractivity contribution in [3.8, 4) is 0 Å². The fourth-order valence-electron chi connectivity index (χ4n) is 2.17. The van der Waals surface area contributed by atoms with Gasteiger partial charge in [-0.15, -0.1) is 12.4 Å². The van der Waals surface area contributed by atoms with Crippen LogP contribution in [0, 0.1) is 0 Å². The fourth-order valence-corrected chi connectivity index (χ4v) is 2.17. The molecule has 1 aromatic heterocycles. The highest BCUT2D eigenvalue weighted by Crippen LogP contribution is 2.40. The van der Waals surface area contributed by atoms with Crippen LogP contribution in [0.2, 0.25) is 0 Å². The Balaban J connectivity index is 0.000000750. The van der Waals surface area contributed by atoms with Crippen molar-refractivity contribution in [1.82, 2.24) is 14.9 Å². The molecule has 1 aromatic rings. The summed E-state index contributed by atoms with van der Waals surface area (Å²) >= 11 is 0. The lowest BCUT2D eigenvalue weighted by atomic mass is 10.2. The van der Waals surface area contributed by atoms with E-state index < -0.39 is 0 Å². The molecule has 2 heterocycles. The van der Waals surface area contributed by atoms with Gasteiger partial charge in [0.2, 0.25) is 0 Å². The summed E-state index contributed by atoms with van der Waals surface area (Å²) in [5.41, 5.74) is 0. The van der Waals surface area contributed by atoms with E-state index in [1.54, 1.807) is 0 Å². The van der Waals surface area contributed by atoms with Crippen molar-refractivity contribution in [2.45, 2.75) is 31.2 Å². The molecule has 0 spiro atoms. The molecular weight excluding hydrogens is 198 g/mol. The predicted octanol–water partition coefficient (Wildman–Crippen LogP) is 1.72.